The molecule has 2 atom stereocenters. The summed E-state index contributed by atoms with van der Waals surface area (Å²) in [6.07, 6.45) is -4.12. The first-order valence-corrected chi connectivity index (χ1v) is 8.34. The van der Waals surface area contributed by atoms with Gasteiger partial charge in [-0.1, -0.05) is 24.3 Å². The maximum atomic E-state index is 12.7. The standard InChI is InChI=1S/C19H20F3N3O/c20-19(21,22)14-5-3-13(4-6-14)16-10-24-11-17(16)25-18(26)9-12-1-7-15(23)8-2-12/h1-8,16-17,24H,9-11,23H2,(H,25,26). The van der Waals surface area contributed by atoms with Gasteiger partial charge in [0.25, 0.3) is 0 Å². The van der Waals surface area contributed by atoms with Gasteiger partial charge in [0.2, 0.25) is 5.91 Å². The number of benzene rings is 2. The van der Waals surface area contributed by atoms with Crippen LogP contribution in [0.25, 0.3) is 0 Å². The zero-order valence-corrected chi connectivity index (χ0v) is 14.0. The van der Waals surface area contributed by atoms with Crippen LogP contribution in [0.1, 0.15) is 22.6 Å². The van der Waals surface area contributed by atoms with E-state index in [1.54, 1.807) is 24.3 Å². The number of anilines is 1. The van der Waals surface area contributed by atoms with Crippen LogP contribution in [-0.4, -0.2) is 25.0 Å². The van der Waals surface area contributed by atoms with Crippen LogP contribution in [-0.2, 0) is 17.4 Å². The third-order valence-corrected chi connectivity index (χ3v) is 4.57. The zero-order valence-electron chi connectivity index (χ0n) is 14.0. The van der Waals surface area contributed by atoms with Crippen molar-refractivity contribution in [3.63, 3.8) is 0 Å². The molecule has 0 aromatic heterocycles. The number of alkyl halides is 3. The molecule has 1 heterocycles. The quantitative estimate of drug-likeness (QED) is 0.732. The average Bonchev–Trinajstić information content (AvgIpc) is 3.04. The molecule has 0 bridgehead atoms. The lowest BCUT2D eigenvalue weighted by Gasteiger charge is -2.21. The number of nitrogen functional groups attached to an aromatic ring is 1. The second-order valence-corrected chi connectivity index (χ2v) is 6.48. The summed E-state index contributed by atoms with van der Waals surface area (Å²) >= 11 is 0. The van der Waals surface area contributed by atoms with Crippen LogP contribution in [0.15, 0.2) is 48.5 Å². The number of halogens is 3. The van der Waals surface area contributed by atoms with Crippen LogP contribution in [0.5, 0.6) is 0 Å². The highest BCUT2D eigenvalue weighted by molar-refractivity contribution is 5.79. The van der Waals surface area contributed by atoms with Gasteiger partial charge in [-0.15, -0.1) is 0 Å². The van der Waals surface area contributed by atoms with E-state index in [0.717, 1.165) is 23.3 Å². The minimum atomic E-state index is -4.35. The number of carbonyl (C=O) groups is 1. The number of nitrogens with one attached hydrogen (secondary N) is 2. The highest BCUT2D eigenvalue weighted by atomic mass is 19.4. The van der Waals surface area contributed by atoms with Crippen LogP contribution < -0.4 is 16.4 Å². The van der Waals surface area contributed by atoms with Gasteiger partial charge in [-0.2, -0.15) is 13.2 Å². The Morgan fingerprint density at radius 2 is 1.73 bits per heavy atom. The van der Waals surface area contributed by atoms with E-state index in [0.29, 0.717) is 18.8 Å². The van der Waals surface area contributed by atoms with Crippen molar-refractivity contribution in [2.45, 2.75) is 24.6 Å². The molecule has 26 heavy (non-hydrogen) atoms. The number of amides is 1. The third-order valence-electron chi connectivity index (χ3n) is 4.57. The van der Waals surface area contributed by atoms with Gasteiger partial charge in [0, 0.05) is 30.7 Å². The summed E-state index contributed by atoms with van der Waals surface area (Å²) in [6, 6.07) is 12.1. The van der Waals surface area contributed by atoms with E-state index in [1.807, 2.05) is 0 Å². The van der Waals surface area contributed by atoms with Gasteiger partial charge in [-0.3, -0.25) is 4.79 Å². The van der Waals surface area contributed by atoms with E-state index < -0.39 is 11.7 Å². The first kappa shape index (κ1) is 18.3. The van der Waals surface area contributed by atoms with Gasteiger partial charge < -0.3 is 16.4 Å². The van der Waals surface area contributed by atoms with E-state index in [9.17, 15) is 18.0 Å². The first-order valence-electron chi connectivity index (χ1n) is 8.34. The fourth-order valence-electron chi connectivity index (χ4n) is 3.18. The van der Waals surface area contributed by atoms with E-state index >= 15 is 0 Å². The van der Waals surface area contributed by atoms with Crippen molar-refractivity contribution in [2.24, 2.45) is 0 Å². The van der Waals surface area contributed by atoms with Crippen molar-refractivity contribution in [3.8, 4) is 0 Å². The molecule has 4 nitrogen and oxygen atoms in total. The molecule has 4 N–H and O–H groups in total. The lowest BCUT2D eigenvalue weighted by molar-refractivity contribution is -0.137. The van der Waals surface area contributed by atoms with Crippen LogP contribution in [0.2, 0.25) is 0 Å². The third kappa shape index (κ3) is 4.35. The molecule has 0 saturated carbocycles. The number of carbonyl (C=O) groups excluding carboxylic acids is 1. The molecular weight excluding hydrogens is 343 g/mol. The number of nitrogens with two attached hydrogens (primary N) is 1. The molecule has 1 fully saturated rings. The lowest BCUT2D eigenvalue weighted by Crippen LogP contribution is -2.40. The molecule has 2 unspecified atom stereocenters. The molecule has 1 saturated heterocycles. The van der Waals surface area contributed by atoms with Gasteiger partial charge in [0.1, 0.15) is 0 Å². The summed E-state index contributed by atoms with van der Waals surface area (Å²) < 4.78 is 38.1. The summed E-state index contributed by atoms with van der Waals surface area (Å²) in [5, 5.41) is 6.17. The number of hydrogen-bond acceptors (Lipinski definition) is 3. The van der Waals surface area contributed by atoms with Gasteiger partial charge >= 0.3 is 6.18 Å². The minimum Gasteiger partial charge on any atom is -0.399 e. The molecule has 138 valence electrons. The van der Waals surface area contributed by atoms with Crippen molar-refractivity contribution in [3.05, 3.63) is 65.2 Å². The van der Waals surface area contributed by atoms with E-state index in [-0.39, 0.29) is 24.3 Å². The monoisotopic (exact) mass is 363 g/mol. The predicted molar refractivity (Wildman–Crippen MR) is 93.5 cm³/mol. The highest BCUT2D eigenvalue weighted by Crippen LogP contribution is 2.31. The molecule has 1 aliphatic heterocycles. The second kappa shape index (κ2) is 7.37. The molecular formula is C19H20F3N3O. The van der Waals surface area contributed by atoms with Crippen LogP contribution in [0, 0.1) is 0 Å². The Hall–Kier alpha value is -2.54. The van der Waals surface area contributed by atoms with Gasteiger partial charge in [-0.25, -0.2) is 0 Å². The molecule has 3 rings (SSSR count). The van der Waals surface area contributed by atoms with E-state index in [4.69, 9.17) is 5.73 Å². The molecule has 0 aliphatic carbocycles. The smallest absolute Gasteiger partial charge is 0.399 e. The zero-order chi connectivity index (χ0) is 18.7. The van der Waals surface area contributed by atoms with Crippen molar-refractivity contribution in [1.29, 1.82) is 0 Å². The van der Waals surface area contributed by atoms with Crippen LogP contribution in [0.4, 0.5) is 18.9 Å². The maximum absolute atomic E-state index is 12.7. The molecule has 1 amide bonds. The predicted octanol–water partition coefficient (Wildman–Crippen LogP) is 2.70. The normalized spacial score (nSPS) is 20.1. The van der Waals surface area contributed by atoms with E-state index in [1.165, 1.54) is 12.1 Å². The highest BCUT2D eigenvalue weighted by Gasteiger charge is 2.32. The summed E-state index contributed by atoms with van der Waals surface area (Å²) in [7, 11) is 0. The Morgan fingerprint density at radius 3 is 2.35 bits per heavy atom. The Morgan fingerprint density at radius 1 is 1.08 bits per heavy atom. The molecule has 2 aromatic carbocycles. The largest absolute Gasteiger partial charge is 0.416 e. The summed E-state index contributed by atoms with van der Waals surface area (Å²) in [6.45, 7) is 1.19. The van der Waals surface area contributed by atoms with Crippen LogP contribution in [0.3, 0.4) is 0 Å². The van der Waals surface area contributed by atoms with Crippen LogP contribution >= 0.6 is 0 Å². The van der Waals surface area contributed by atoms with Gasteiger partial charge in [-0.05, 0) is 35.4 Å². The molecule has 1 aliphatic rings. The minimum absolute atomic E-state index is 0.0624. The maximum Gasteiger partial charge on any atom is 0.416 e. The fourth-order valence-corrected chi connectivity index (χ4v) is 3.18. The fraction of sp³-hybridized carbons (Fsp3) is 0.316. The van der Waals surface area contributed by atoms with Gasteiger partial charge in [0.05, 0.1) is 12.0 Å². The Labute approximate surface area is 149 Å². The SMILES string of the molecule is Nc1ccc(CC(=O)NC2CNCC2c2ccc(C(F)(F)F)cc2)cc1. The molecule has 0 radical (unpaired) electrons. The van der Waals surface area contributed by atoms with Gasteiger partial charge in [0.15, 0.2) is 0 Å². The number of hydrogen-bond donors (Lipinski definition) is 3. The average molecular weight is 363 g/mol. The molecule has 7 heteroatoms. The van der Waals surface area contributed by atoms with Crippen molar-refractivity contribution < 1.29 is 18.0 Å². The molecule has 0 spiro atoms. The van der Waals surface area contributed by atoms with Crippen molar-refractivity contribution in [2.75, 3.05) is 18.8 Å². The van der Waals surface area contributed by atoms with E-state index in [2.05, 4.69) is 10.6 Å². The summed E-state index contributed by atoms with van der Waals surface area (Å²) in [5.74, 6) is -0.187. The lowest BCUT2D eigenvalue weighted by atomic mass is 9.93. The van der Waals surface area contributed by atoms with Crippen molar-refractivity contribution in [1.82, 2.24) is 10.6 Å². The summed E-state index contributed by atoms with van der Waals surface area (Å²) in [4.78, 5) is 12.3. The Kier molecular flexibility index (Phi) is 5.18. The second-order valence-electron chi connectivity index (χ2n) is 6.48. The topological polar surface area (TPSA) is 67.2 Å². The molecule has 2 aromatic rings. The summed E-state index contributed by atoms with van der Waals surface area (Å²) in [5.41, 5.74) is 7.23. The number of rotatable bonds is 4. The Balaban J connectivity index is 1.64. The van der Waals surface area contributed by atoms with Crippen molar-refractivity contribution >= 4 is 11.6 Å². The Bertz CT molecular complexity index is 757. The first-order chi connectivity index (χ1) is 12.3.